The van der Waals surface area contributed by atoms with E-state index in [9.17, 15) is 24.6 Å². The maximum Gasteiger partial charge on any atom is 0.411 e. The van der Waals surface area contributed by atoms with E-state index in [1.54, 1.807) is 25.1 Å². The molecule has 0 radical (unpaired) electrons. The second-order valence-electron chi connectivity index (χ2n) is 7.09. The summed E-state index contributed by atoms with van der Waals surface area (Å²) >= 11 is 0. The summed E-state index contributed by atoms with van der Waals surface area (Å²) in [6, 6.07) is 11.3. The molecule has 2 aromatic carbocycles. The van der Waals surface area contributed by atoms with Gasteiger partial charge in [0.2, 0.25) is 0 Å². The molecule has 10 heteroatoms. The van der Waals surface area contributed by atoms with Crippen molar-refractivity contribution >= 4 is 28.7 Å². The smallest absolute Gasteiger partial charge is 0.411 e. The third kappa shape index (κ3) is 4.51. The lowest BCUT2D eigenvalue weighted by Gasteiger charge is -2.16. The summed E-state index contributed by atoms with van der Waals surface area (Å²) in [5.41, 5.74) is 0.216. The number of hydrogen-bond acceptors (Lipinski definition) is 8. The first-order chi connectivity index (χ1) is 16.4. The highest BCUT2D eigenvalue weighted by Gasteiger charge is 2.20. The van der Waals surface area contributed by atoms with Gasteiger partial charge >= 0.3 is 12.1 Å². The van der Waals surface area contributed by atoms with Crippen LogP contribution in [-0.2, 0) is 4.74 Å². The third-order valence-electron chi connectivity index (χ3n) is 4.81. The topological polar surface area (TPSA) is 151 Å². The molecular formula is C24H19N3O7. The normalized spacial score (nSPS) is 10.6. The number of aromatic hydroxyl groups is 2. The molecule has 0 saturated carbocycles. The Morgan fingerprint density at radius 3 is 2.65 bits per heavy atom. The number of aromatic amines is 1. The number of carbonyl (C=O) groups excluding carboxylic acids is 2. The second-order valence-corrected chi connectivity index (χ2v) is 7.09. The zero-order valence-electron chi connectivity index (χ0n) is 17.9. The number of carbonyl (C=O) groups is 2. The molecule has 0 aliphatic rings. The summed E-state index contributed by atoms with van der Waals surface area (Å²) in [6.07, 6.45) is 2.01. The summed E-state index contributed by atoms with van der Waals surface area (Å²) in [5, 5.41) is 23.4. The van der Waals surface area contributed by atoms with E-state index in [1.165, 1.54) is 42.7 Å². The van der Waals surface area contributed by atoms with Gasteiger partial charge in [0.15, 0.2) is 5.43 Å². The van der Waals surface area contributed by atoms with Crippen LogP contribution in [0, 0.1) is 0 Å². The lowest BCUT2D eigenvalue weighted by molar-refractivity contribution is 0.0734. The number of phenolic OH excluding ortho intramolecular Hbond substituents is 2. The van der Waals surface area contributed by atoms with Gasteiger partial charge in [-0.25, -0.2) is 9.59 Å². The fourth-order valence-corrected chi connectivity index (χ4v) is 3.39. The predicted octanol–water partition coefficient (Wildman–Crippen LogP) is 3.79. The molecule has 0 fully saturated rings. The van der Waals surface area contributed by atoms with Crippen LogP contribution >= 0.6 is 0 Å². The molecule has 2 heterocycles. The van der Waals surface area contributed by atoms with Gasteiger partial charge in [-0.05, 0) is 31.2 Å². The van der Waals surface area contributed by atoms with Crippen LogP contribution in [-0.4, -0.2) is 38.9 Å². The van der Waals surface area contributed by atoms with Crippen molar-refractivity contribution in [3.05, 3.63) is 76.7 Å². The van der Waals surface area contributed by atoms with Crippen LogP contribution in [0.15, 0.2) is 65.7 Å². The van der Waals surface area contributed by atoms with E-state index >= 15 is 0 Å². The van der Waals surface area contributed by atoms with Crippen LogP contribution in [0.3, 0.4) is 0 Å². The number of pyridine rings is 2. The standard InChI is InChI=1S/C24H19N3O7/c1-2-33-24(32)27-16-9-14(34-23(31)13-5-4-8-25-12-13)10-19(29)21(16)17-11-20(30)22-15(26-17)6-3-7-18(22)28/h3-12,28-29H,2H2,1H3,(H,26,30)(H,27,32). The van der Waals surface area contributed by atoms with E-state index in [2.05, 4.69) is 15.3 Å². The van der Waals surface area contributed by atoms with Crippen molar-refractivity contribution < 1.29 is 29.3 Å². The van der Waals surface area contributed by atoms with E-state index in [4.69, 9.17) is 9.47 Å². The van der Waals surface area contributed by atoms with Crippen molar-refractivity contribution in [2.45, 2.75) is 6.92 Å². The van der Waals surface area contributed by atoms with Crippen LogP contribution < -0.4 is 15.5 Å². The number of nitrogens with zero attached hydrogens (tertiary/aromatic N) is 1. The lowest BCUT2D eigenvalue weighted by atomic mass is 10.0. The molecule has 2 aromatic heterocycles. The van der Waals surface area contributed by atoms with Gasteiger partial charge in [0.05, 0.1) is 40.0 Å². The van der Waals surface area contributed by atoms with E-state index in [-0.39, 0.29) is 46.0 Å². The Hall–Kier alpha value is -4.86. The number of esters is 1. The van der Waals surface area contributed by atoms with Crippen LogP contribution in [0.2, 0.25) is 0 Å². The average molecular weight is 461 g/mol. The maximum atomic E-state index is 12.7. The van der Waals surface area contributed by atoms with Gasteiger partial charge in [0.1, 0.15) is 17.2 Å². The van der Waals surface area contributed by atoms with Crippen LogP contribution in [0.1, 0.15) is 17.3 Å². The number of phenols is 2. The van der Waals surface area contributed by atoms with Crippen LogP contribution in [0.5, 0.6) is 17.2 Å². The maximum absolute atomic E-state index is 12.7. The minimum atomic E-state index is -0.820. The van der Waals surface area contributed by atoms with Crippen molar-refractivity contribution in [1.29, 1.82) is 0 Å². The van der Waals surface area contributed by atoms with Gasteiger partial charge in [-0.2, -0.15) is 0 Å². The first-order valence-electron chi connectivity index (χ1n) is 10.2. The summed E-state index contributed by atoms with van der Waals surface area (Å²) in [4.78, 5) is 44.1. The molecule has 0 aliphatic heterocycles. The van der Waals surface area contributed by atoms with Gasteiger partial charge < -0.3 is 24.7 Å². The Balaban J connectivity index is 1.82. The van der Waals surface area contributed by atoms with E-state index in [0.717, 1.165) is 0 Å². The molecule has 4 rings (SSSR count). The number of hydrogen-bond donors (Lipinski definition) is 4. The minimum Gasteiger partial charge on any atom is -0.507 e. The number of aromatic nitrogens is 2. The first kappa shape index (κ1) is 22.3. The lowest BCUT2D eigenvalue weighted by Crippen LogP contribution is -2.15. The number of benzene rings is 2. The Kier molecular flexibility index (Phi) is 6.13. The summed E-state index contributed by atoms with van der Waals surface area (Å²) in [5.74, 6) is -1.38. The van der Waals surface area contributed by atoms with E-state index < -0.39 is 23.2 Å². The van der Waals surface area contributed by atoms with Crippen LogP contribution in [0.25, 0.3) is 22.2 Å². The highest BCUT2D eigenvalue weighted by atomic mass is 16.5. The molecule has 4 aromatic rings. The van der Waals surface area contributed by atoms with Crippen molar-refractivity contribution in [3.63, 3.8) is 0 Å². The molecule has 172 valence electrons. The Morgan fingerprint density at radius 2 is 1.91 bits per heavy atom. The molecule has 34 heavy (non-hydrogen) atoms. The van der Waals surface area contributed by atoms with Gasteiger partial charge in [-0.1, -0.05) is 6.07 Å². The number of ether oxygens (including phenoxy) is 2. The van der Waals surface area contributed by atoms with E-state index in [0.29, 0.717) is 5.52 Å². The number of fused-ring (bicyclic) bond motifs is 1. The molecular weight excluding hydrogens is 442 g/mol. The molecule has 4 N–H and O–H groups in total. The number of rotatable bonds is 5. The summed E-state index contributed by atoms with van der Waals surface area (Å²) < 4.78 is 10.3. The highest BCUT2D eigenvalue weighted by Crippen LogP contribution is 2.39. The molecule has 1 amide bonds. The van der Waals surface area contributed by atoms with Crippen molar-refractivity contribution in [1.82, 2.24) is 9.97 Å². The molecule has 0 spiro atoms. The molecule has 0 atom stereocenters. The van der Waals surface area contributed by atoms with Gasteiger partial charge in [0, 0.05) is 30.6 Å². The fraction of sp³-hybridized carbons (Fsp3) is 0.0833. The van der Waals surface area contributed by atoms with Gasteiger partial charge in [-0.3, -0.25) is 15.1 Å². The molecule has 0 unspecified atom stereocenters. The highest BCUT2D eigenvalue weighted by molar-refractivity contribution is 5.96. The van der Waals surface area contributed by atoms with Crippen molar-refractivity contribution in [2.75, 3.05) is 11.9 Å². The van der Waals surface area contributed by atoms with Crippen molar-refractivity contribution in [3.8, 4) is 28.5 Å². The minimum absolute atomic E-state index is 0.0163. The average Bonchev–Trinajstić information content (AvgIpc) is 2.79. The number of H-pyrrole nitrogens is 1. The summed E-state index contributed by atoms with van der Waals surface area (Å²) in [7, 11) is 0. The zero-order valence-corrected chi connectivity index (χ0v) is 17.9. The predicted molar refractivity (Wildman–Crippen MR) is 123 cm³/mol. The molecule has 0 saturated heterocycles. The zero-order chi connectivity index (χ0) is 24.2. The largest absolute Gasteiger partial charge is 0.507 e. The van der Waals surface area contributed by atoms with Gasteiger partial charge in [-0.15, -0.1) is 0 Å². The number of nitrogens with one attached hydrogen (secondary N) is 2. The van der Waals surface area contributed by atoms with E-state index in [1.807, 2.05) is 0 Å². The van der Waals surface area contributed by atoms with Crippen LogP contribution in [0.4, 0.5) is 10.5 Å². The van der Waals surface area contributed by atoms with Crippen molar-refractivity contribution in [2.24, 2.45) is 0 Å². The number of amides is 1. The Bertz CT molecular complexity index is 1450. The fourth-order valence-electron chi connectivity index (χ4n) is 3.39. The SMILES string of the molecule is CCOC(=O)Nc1cc(OC(=O)c2cccnc2)cc(O)c1-c1cc(=O)c2c(O)cccc2[nH]1. The third-order valence-corrected chi connectivity index (χ3v) is 4.81. The Labute approximate surface area is 192 Å². The first-order valence-corrected chi connectivity index (χ1v) is 10.2. The number of anilines is 1. The second kappa shape index (κ2) is 9.33. The monoisotopic (exact) mass is 461 g/mol. The molecule has 0 bridgehead atoms. The quantitative estimate of drug-likeness (QED) is 0.259. The summed E-state index contributed by atoms with van der Waals surface area (Å²) in [6.45, 7) is 1.71. The molecule has 10 nitrogen and oxygen atoms in total. The van der Waals surface area contributed by atoms with Gasteiger partial charge in [0.25, 0.3) is 0 Å². The Morgan fingerprint density at radius 1 is 1.09 bits per heavy atom. The molecule has 0 aliphatic carbocycles.